The van der Waals surface area contributed by atoms with Gasteiger partial charge in [-0.15, -0.1) is 0 Å². The fourth-order valence-electron chi connectivity index (χ4n) is 2.63. The van der Waals surface area contributed by atoms with Gasteiger partial charge in [-0.25, -0.2) is 9.69 Å². The van der Waals surface area contributed by atoms with Gasteiger partial charge in [-0.3, -0.25) is 4.79 Å². The Labute approximate surface area is 129 Å². The number of hydrogen-bond acceptors (Lipinski definition) is 3. The Balaban J connectivity index is 1.71. The van der Waals surface area contributed by atoms with Crippen molar-refractivity contribution < 1.29 is 14.3 Å². The van der Waals surface area contributed by atoms with Crippen molar-refractivity contribution in [1.82, 2.24) is 4.90 Å². The van der Waals surface area contributed by atoms with E-state index in [1.807, 2.05) is 60.7 Å². The van der Waals surface area contributed by atoms with Crippen LogP contribution in [0.15, 0.2) is 60.7 Å². The molecule has 2 aromatic carbocycles. The second-order valence-electron chi connectivity index (χ2n) is 5.25. The molecular formula is C18H17NO3. The first-order valence-electron chi connectivity index (χ1n) is 7.33. The van der Waals surface area contributed by atoms with Crippen LogP contribution in [0.4, 0.5) is 4.79 Å². The Morgan fingerprint density at radius 2 is 1.68 bits per heavy atom. The molecule has 0 aliphatic carbocycles. The molecule has 0 aromatic heterocycles. The highest BCUT2D eigenvalue weighted by molar-refractivity contribution is 5.93. The summed E-state index contributed by atoms with van der Waals surface area (Å²) in [6.45, 7) is 0.222. The van der Waals surface area contributed by atoms with Gasteiger partial charge in [-0.1, -0.05) is 60.7 Å². The molecule has 0 unspecified atom stereocenters. The summed E-state index contributed by atoms with van der Waals surface area (Å²) in [5.74, 6) is -0.194. The van der Waals surface area contributed by atoms with Crippen LogP contribution in [0.5, 0.6) is 0 Å². The van der Waals surface area contributed by atoms with Crippen LogP contribution < -0.4 is 0 Å². The molecule has 1 fully saturated rings. The normalized spacial score (nSPS) is 17.4. The Morgan fingerprint density at radius 1 is 1.05 bits per heavy atom. The maximum absolute atomic E-state index is 12.4. The zero-order valence-electron chi connectivity index (χ0n) is 12.1. The summed E-state index contributed by atoms with van der Waals surface area (Å²) in [6, 6.07) is 19.0. The van der Waals surface area contributed by atoms with Crippen LogP contribution >= 0.6 is 0 Å². The minimum Gasteiger partial charge on any atom is -0.446 e. The maximum Gasteiger partial charge on any atom is 0.417 e. The quantitative estimate of drug-likeness (QED) is 0.869. The van der Waals surface area contributed by atoms with Crippen LogP contribution in [0.25, 0.3) is 0 Å². The Morgan fingerprint density at radius 3 is 2.36 bits per heavy atom. The standard InChI is InChI=1S/C18H17NO3/c20-17(12-11-14-7-3-1-4-8-14)19-16(13-22-18(19)21)15-9-5-2-6-10-15/h1-10,16H,11-13H2/t16-/m1/s1. The molecule has 0 spiro atoms. The second kappa shape index (κ2) is 6.43. The molecular weight excluding hydrogens is 278 g/mol. The number of hydrogen-bond donors (Lipinski definition) is 0. The van der Waals surface area contributed by atoms with Gasteiger partial charge in [0.2, 0.25) is 5.91 Å². The van der Waals surface area contributed by atoms with E-state index in [9.17, 15) is 9.59 Å². The molecule has 0 saturated carbocycles. The van der Waals surface area contributed by atoms with Crippen LogP contribution in [-0.4, -0.2) is 23.5 Å². The van der Waals surface area contributed by atoms with Gasteiger partial charge in [0.15, 0.2) is 0 Å². The first-order chi connectivity index (χ1) is 10.8. The monoisotopic (exact) mass is 295 g/mol. The van der Waals surface area contributed by atoms with Crippen molar-refractivity contribution in [1.29, 1.82) is 0 Å². The number of cyclic esters (lactones) is 1. The third kappa shape index (κ3) is 3.01. The lowest BCUT2D eigenvalue weighted by Crippen LogP contribution is -2.34. The summed E-state index contributed by atoms with van der Waals surface area (Å²) < 4.78 is 5.07. The van der Waals surface area contributed by atoms with E-state index < -0.39 is 6.09 Å². The van der Waals surface area contributed by atoms with E-state index >= 15 is 0 Å². The topological polar surface area (TPSA) is 46.6 Å². The molecule has 2 amide bonds. The molecule has 1 aliphatic heterocycles. The first kappa shape index (κ1) is 14.3. The number of rotatable bonds is 4. The summed E-state index contributed by atoms with van der Waals surface area (Å²) in [7, 11) is 0. The lowest BCUT2D eigenvalue weighted by molar-refractivity contribution is -0.129. The first-order valence-corrected chi connectivity index (χ1v) is 7.33. The molecule has 4 heteroatoms. The van der Waals surface area contributed by atoms with E-state index in [0.29, 0.717) is 12.8 Å². The molecule has 0 bridgehead atoms. The molecule has 22 heavy (non-hydrogen) atoms. The average molecular weight is 295 g/mol. The van der Waals surface area contributed by atoms with Crippen molar-refractivity contribution in [2.75, 3.05) is 6.61 Å². The minimum absolute atomic E-state index is 0.194. The van der Waals surface area contributed by atoms with Crippen molar-refractivity contribution in [3.63, 3.8) is 0 Å². The molecule has 1 atom stereocenters. The molecule has 1 heterocycles. The average Bonchev–Trinajstić information content (AvgIpc) is 2.96. The predicted octanol–water partition coefficient (Wildman–Crippen LogP) is 3.34. The van der Waals surface area contributed by atoms with Gasteiger partial charge in [-0.05, 0) is 17.5 Å². The molecule has 112 valence electrons. The number of nitrogens with zero attached hydrogens (tertiary/aromatic N) is 1. The third-order valence-electron chi connectivity index (χ3n) is 3.80. The Kier molecular flexibility index (Phi) is 4.19. The smallest absolute Gasteiger partial charge is 0.417 e. The van der Waals surface area contributed by atoms with Gasteiger partial charge in [0, 0.05) is 6.42 Å². The van der Waals surface area contributed by atoms with Gasteiger partial charge in [0.05, 0.1) is 0 Å². The third-order valence-corrected chi connectivity index (χ3v) is 3.80. The molecule has 1 aliphatic rings. The summed E-state index contributed by atoms with van der Waals surface area (Å²) in [6.07, 6.45) is 0.361. The van der Waals surface area contributed by atoms with Crippen LogP contribution in [-0.2, 0) is 16.0 Å². The van der Waals surface area contributed by atoms with Crippen molar-refractivity contribution in [3.05, 3.63) is 71.8 Å². The zero-order chi connectivity index (χ0) is 15.4. The SMILES string of the molecule is O=C(CCc1ccccc1)N1C(=O)OC[C@@H]1c1ccccc1. The highest BCUT2D eigenvalue weighted by Crippen LogP contribution is 2.28. The fourth-order valence-corrected chi connectivity index (χ4v) is 2.63. The summed E-state index contributed by atoms with van der Waals surface area (Å²) in [5, 5.41) is 0. The lowest BCUT2D eigenvalue weighted by atomic mass is 10.1. The Hall–Kier alpha value is -2.62. The summed E-state index contributed by atoms with van der Waals surface area (Å²) in [5.41, 5.74) is 2.00. The van der Waals surface area contributed by atoms with E-state index in [1.54, 1.807) is 0 Å². The van der Waals surface area contributed by atoms with E-state index in [2.05, 4.69) is 0 Å². The zero-order valence-corrected chi connectivity index (χ0v) is 12.1. The van der Waals surface area contributed by atoms with Gasteiger partial charge in [0.25, 0.3) is 0 Å². The summed E-state index contributed by atoms with van der Waals surface area (Å²) in [4.78, 5) is 25.6. The van der Waals surface area contributed by atoms with E-state index in [4.69, 9.17) is 4.74 Å². The van der Waals surface area contributed by atoms with Gasteiger partial charge >= 0.3 is 6.09 Å². The summed E-state index contributed by atoms with van der Waals surface area (Å²) >= 11 is 0. The number of aryl methyl sites for hydroxylation is 1. The molecule has 1 saturated heterocycles. The number of carbonyl (C=O) groups is 2. The van der Waals surface area contributed by atoms with E-state index in [-0.39, 0.29) is 18.6 Å². The van der Waals surface area contributed by atoms with Crippen molar-refractivity contribution in [3.8, 4) is 0 Å². The van der Waals surface area contributed by atoms with E-state index in [1.165, 1.54) is 4.90 Å². The fraction of sp³-hybridized carbons (Fsp3) is 0.222. The second-order valence-corrected chi connectivity index (χ2v) is 5.25. The maximum atomic E-state index is 12.4. The van der Waals surface area contributed by atoms with Gasteiger partial charge < -0.3 is 4.74 Å². The number of carbonyl (C=O) groups excluding carboxylic acids is 2. The minimum atomic E-state index is -0.549. The van der Waals surface area contributed by atoms with Crippen molar-refractivity contribution in [2.45, 2.75) is 18.9 Å². The van der Waals surface area contributed by atoms with Gasteiger partial charge in [-0.2, -0.15) is 0 Å². The largest absolute Gasteiger partial charge is 0.446 e. The van der Waals surface area contributed by atoms with Gasteiger partial charge in [0.1, 0.15) is 12.6 Å². The predicted molar refractivity (Wildman–Crippen MR) is 82.1 cm³/mol. The van der Waals surface area contributed by atoms with E-state index in [0.717, 1.165) is 11.1 Å². The molecule has 4 nitrogen and oxygen atoms in total. The van der Waals surface area contributed by atoms with Crippen LogP contribution in [0, 0.1) is 0 Å². The number of ether oxygens (including phenoxy) is 1. The molecule has 3 rings (SSSR count). The number of benzene rings is 2. The lowest BCUT2D eigenvalue weighted by Gasteiger charge is -2.19. The van der Waals surface area contributed by atoms with Crippen molar-refractivity contribution in [2.24, 2.45) is 0 Å². The number of amides is 2. The highest BCUT2D eigenvalue weighted by atomic mass is 16.6. The van der Waals surface area contributed by atoms with Crippen LogP contribution in [0.3, 0.4) is 0 Å². The highest BCUT2D eigenvalue weighted by Gasteiger charge is 2.38. The molecule has 2 aromatic rings. The van der Waals surface area contributed by atoms with Crippen LogP contribution in [0.2, 0.25) is 0 Å². The Bertz CT molecular complexity index is 655. The molecule has 0 radical (unpaired) electrons. The number of imide groups is 1. The van der Waals surface area contributed by atoms with Crippen LogP contribution in [0.1, 0.15) is 23.6 Å². The van der Waals surface area contributed by atoms with Crippen molar-refractivity contribution >= 4 is 12.0 Å². The molecule has 0 N–H and O–H groups in total.